The van der Waals surface area contributed by atoms with Gasteiger partial charge in [-0.15, -0.1) is 0 Å². The van der Waals surface area contributed by atoms with E-state index in [9.17, 15) is 19.0 Å². The molecule has 0 heterocycles. The van der Waals surface area contributed by atoms with Crippen molar-refractivity contribution in [3.05, 3.63) is 66.0 Å². The zero-order valence-electron chi connectivity index (χ0n) is 12.8. The van der Waals surface area contributed by atoms with Gasteiger partial charge in [-0.1, -0.05) is 54.6 Å². The molecule has 2 aromatic rings. The lowest BCUT2D eigenvalue weighted by Crippen LogP contribution is -2.10. The summed E-state index contributed by atoms with van der Waals surface area (Å²) < 4.78 is 12.1. The quantitative estimate of drug-likeness (QED) is 0.591. The predicted molar refractivity (Wildman–Crippen MR) is 92.9 cm³/mol. The van der Waals surface area contributed by atoms with E-state index in [4.69, 9.17) is 5.11 Å². The van der Waals surface area contributed by atoms with Crippen molar-refractivity contribution in [2.75, 3.05) is 6.16 Å². The van der Waals surface area contributed by atoms with Crippen molar-refractivity contribution in [1.82, 2.24) is 0 Å². The molecule has 0 fully saturated rings. The Kier molecular flexibility index (Phi) is 5.85. The molecule has 0 aliphatic heterocycles. The highest BCUT2D eigenvalue weighted by Gasteiger charge is 2.21. The van der Waals surface area contributed by atoms with E-state index in [1.165, 1.54) is 6.08 Å². The molecule has 1 atom stereocenters. The van der Waals surface area contributed by atoms with E-state index < -0.39 is 31.7 Å². The van der Waals surface area contributed by atoms with Crippen LogP contribution in [0.3, 0.4) is 0 Å². The minimum Gasteiger partial charge on any atom is -0.481 e. The fourth-order valence-electron chi connectivity index (χ4n) is 2.25. The summed E-state index contributed by atoms with van der Waals surface area (Å²) in [5.41, 5.74) is 2.60. The molecule has 0 aliphatic rings. The van der Waals surface area contributed by atoms with Crippen LogP contribution in [-0.4, -0.2) is 27.9 Å². The fraction of sp³-hybridized carbons (Fsp3) is 0.111. The minimum absolute atomic E-state index is 0.677. The lowest BCUT2D eigenvalue weighted by Gasteiger charge is -2.08. The van der Waals surface area contributed by atoms with E-state index in [0.717, 1.165) is 22.5 Å². The maximum Gasteiger partial charge on any atom is 0.310 e. The Bertz CT molecular complexity index is 811. The van der Waals surface area contributed by atoms with Crippen LogP contribution >= 0.6 is 7.37 Å². The predicted octanol–water partition coefficient (Wildman–Crippen LogP) is 3.64. The maximum atomic E-state index is 12.1. The number of carbonyl (C=O) groups is 2. The van der Waals surface area contributed by atoms with Crippen LogP contribution in [0.5, 0.6) is 0 Å². The third-order valence-corrected chi connectivity index (χ3v) is 4.70. The standard InChI is InChI=1S/C18H17O5P/c19-16(12-18(20)21)13-24(22,23)11-10-15-8-4-5-9-17(15)14-6-2-1-3-7-14/h1-11H,12-13H2,(H,20,21)(H,22,23). The second-order valence-electron chi connectivity index (χ2n) is 5.29. The second-order valence-corrected chi connectivity index (χ2v) is 7.42. The largest absolute Gasteiger partial charge is 0.481 e. The van der Waals surface area contributed by atoms with Crippen LogP contribution in [0.15, 0.2) is 60.4 Å². The zero-order valence-corrected chi connectivity index (χ0v) is 13.7. The van der Waals surface area contributed by atoms with Gasteiger partial charge < -0.3 is 10.00 Å². The van der Waals surface area contributed by atoms with Gasteiger partial charge in [-0.2, -0.15) is 0 Å². The number of benzene rings is 2. The summed E-state index contributed by atoms with van der Waals surface area (Å²) in [5.74, 6) is -0.984. The smallest absolute Gasteiger partial charge is 0.310 e. The summed E-state index contributed by atoms with van der Waals surface area (Å²) in [6.45, 7) is 0. The number of carboxylic acids is 1. The summed E-state index contributed by atoms with van der Waals surface area (Å²) >= 11 is 0. The molecule has 0 bridgehead atoms. The van der Waals surface area contributed by atoms with Crippen molar-refractivity contribution < 1.29 is 24.2 Å². The number of Topliss-reactive ketones (excluding diaryl/α,β-unsaturated/α-hetero) is 1. The summed E-state index contributed by atoms with van der Waals surface area (Å²) in [7, 11) is -3.88. The van der Waals surface area contributed by atoms with Gasteiger partial charge in [0, 0.05) is 5.82 Å². The van der Waals surface area contributed by atoms with Crippen molar-refractivity contribution in [2.45, 2.75) is 6.42 Å². The van der Waals surface area contributed by atoms with Crippen molar-refractivity contribution in [3.63, 3.8) is 0 Å². The van der Waals surface area contributed by atoms with E-state index in [-0.39, 0.29) is 0 Å². The summed E-state index contributed by atoms with van der Waals surface area (Å²) in [6.07, 6.45) is 0.0689. The van der Waals surface area contributed by atoms with Crippen LogP contribution in [0.4, 0.5) is 0 Å². The molecule has 2 rings (SSSR count). The molecule has 0 radical (unpaired) electrons. The number of carbonyl (C=O) groups excluding carboxylic acids is 1. The van der Waals surface area contributed by atoms with Crippen LogP contribution < -0.4 is 0 Å². The molecule has 0 saturated heterocycles. The van der Waals surface area contributed by atoms with Crippen LogP contribution in [0.25, 0.3) is 17.2 Å². The highest BCUT2D eigenvalue weighted by molar-refractivity contribution is 7.62. The van der Waals surface area contributed by atoms with Gasteiger partial charge in [-0.25, -0.2) is 0 Å². The molecule has 0 spiro atoms. The molecule has 1 unspecified atom stereocenters. The molecule has 2 N–H and O–H groups in total. The third kappa shape index (κ3) is 5.30. The van der Waals surface area contributed by atoms with E-state index in [0.29, 0.717) is 0 Å². The monoisotopic (exact) mass is 344 g/mol. The lowest BCUT2D eigenvalue weighted by atomic mass is 10.00. The fourth-order valence-corrected chi connectivity index (χ4v) is 3.37. The van der Waals surface area contributed by atoms with Crippen molar-refractivity contribution >= 4 is 25.2 Å². The molecule has 0 aromatic heterocycles. The lowest BCUT2D eigenvalue weighted by molar-refractivity contribution is -0.139. The molecule has 124 valence electrons. The summed E-state index contributed by atoms with van der Waals surface area (Å²) in [6, 6.07) is 16.9. The number of hydrogen-bond acceptors (Lipinski definition) is 3. The molecular formula is C18H17O5P. The number of rotatable bonds is 7. The number of ketones is 1. The van der Waals surface area contributed by atoms with Gasteiger partial charge in [0.15, 0.2) is 5.78 Å². The number of hydrogen-bond donors (Lipinski definition) is 2. The number of carboxylic acid groups (broad SMARTS) is 1. The first kappa shape index (κ1) is 17.9. The van der Waals surface area contributed by atoms with Gasteiger partial charge >= 0.3 is 5.97 Å². The minimum atomic E-state index is -3.88. The molecule has 2 aromatic carbocycles. The van der Waals surface area contributed by atoms with Crippen LogP contribution in [-0.2, 0) is 14.2 Å². The van der Waals surface area contributed by atoms with E-state index in [2.05, 4.69) is 0 Å². The second kappa shape index (κ2) is 7.86. The van der Waals surface area contributed by atoms with E-state index in [1.54, 1.807) is 6.07 Å². The van der Waals surface area contributed by atoms with Crippen LogP contribution in [0.1, 0.15) is 12.0 Å². The topological polar surface area (TPSA) is 91.7 Å². The molecule has 5 nitrogen and oxygen atoms in total. The summed E-state index contributed by atoms with van der Waals surface area (Å²) in [5, 5.41) is 8.54. The van der Waals surface area contributed by atoms with Crippen molar-refractivity contribution in [3.8, 4) is 11.1 Å². The Labute approximate surface area is 139 Å². The van der Waals surface area contributed by atoms with Gasteiger partial charge in [0.1, 0.15) is 6.42 Å². The Morgan fingerprint density at radius 1 is 1.00 bits per heavy atom. The van der Waals surface area contributed by atoms with E-state index in [1.807, 2.05) is 48.5 Å². The normalized spacial score (nSPS) is 13.5. The molecule has 0 saturated carbocycles. The number of aliphatic carboxylic acids is 1. The van der Waals surface area contributed by atoms with E-state index >= 15 is 0 Å². The van der Waals surface area contributed by atoms with Crippen molar-refractivity contribution in [2.24, 2.45) is 0 Å². The van der Waals surface area contributed by atoms with Crippen LogP contribution in [0, 0.1) is 0 Å². The highest BCUT2D eigenvalue weighted by Crippen LogP contribution is 2.43. The molecule has 6 heteroatoms. The Morgan fingerprint density at radius 3 is 2.29 bits per heavy atom. The average molecular weight is 344 g/mol. The van der Waals surface area contributed by atoms with Gasteiger partial charge in [0.25, 0.3) is 0 Å². The summed E-state index contributed by atoms with van der Waals surface area (Å²) in [4.78, 5) is 31.8. The highest BCUT2D eigenvalue weighted by atomic mass is 31.2. The third-order valence-electron chi connectivity index (χ3n) is 3.28. The first-order valence-electron chi connectivity index (χ1n) is 7.26. The Morgan fingerprint density at radius 2 is 1.62 bits per heavy atom. The van der Waals surface area contributed by atoms with Crippen molar-refractivity contribution in [1.29, 1.82) is 0 Å². The Balaban J connectivity index is 2.22. The molecule has 0 aliphatic carbocycles. The molecular weight excluding hydrogens is 327 g/mol. The first-order valence-corrected chi connectivity index (χ1v) is 9.17. The zero-order chi connectivity index (χ0) is 17.6. The molecule has 0 amide bonds. The van der Waals surface area contributed by atoms with Gasteiger partial charge in [-0.3, -0.25) is 14.2 Å². The van der Waals surface area contributed by atoms with Gasteiger partial charge in [0.2, 0.25) is 7.37 Å². The SMILES string of the molecule is O=C(O)CC(=O)CP(=O)(O)C=Cc1ccccc1-c1ccccc1. The van der Waals surface area contributed by atoms with Gasteiger partial charge in [0.05, 0.1) is 6.16 Å². The average Bonchev–Trinajstić information content (AvgIpc) is 2.53. The van der Waals surface area contributed by atoms with Crippen LogP contribution in [0.2, 0.25) is 0 Å². The van der Waals surface area contributed by atoms with Gasteiger partial charge in [-0.05, 0) is 22.8 Å². The maximum absolute atomic E-state index is 12.1. The molecule has 24 heavy (non-hydrogen) atoms. The first-order chi connectivity index (χ1) is 11.4. The Hall–Kier alpha value is -2.49.